The third-order valence-corrected chi connectivity index (χ3v) is 3.18. The Kier molecular flexibility index (Phi) is 1.87. The minimum absolute atomic E-state index is 0.440. The SMILES string of the molecule is Cc1cc(C2CC2)c(O)cc1Br. The normalized spacial score (nSPS) is 16.5. The van der Waals surface area contributed by atoms with E-state index >= 15 is 0 Å². The highest BCUT2D eigenvalue weighted by Crippen LogP contribution is 2.45. The van der Waals surface area contributed by atoms with Crippen LogP contribution in [0.2, 0.25) is 0 Å². The van der Waals surface area contributed by atoms with Gasteiger partial charge in [0.05, 0.1) is 0 Å². The Bertz CT molecular complexity index is 316. The molecule has 2 heteroatoms. The molecule has 64 valence electrons. The monoisotopic (exact) mass is 226 g/mol. The van der Waals surface area contributed by atoms with Crippen LogP contribution in [-0.4, -0.2) is 5.11 Å². The summed E-state index contributed by atoms with van der Waals surface area (Å²) in [5.41, 5.74) is 2.32. The first-order valence-corrected chi connectivity index (χ1v) is 4.97. The minimum Gasteiger partial charge on any atom is -0.508 e. The number of rotatable bonds is 1. The molecule has 12 heavy (non-hydrogen) atoms. The Labute approximate surface area is 80.5 Å². The second-order valence-electron chi connectivity index (χ2n) is 3.43. The van der Waals surface area contributed by atoms with Crippen LogP contribution < -0.4 is 0 Å². The Morgan fingerprint density at radius 2 is 2.08 bits per heavy atom. The van der Waals surface area contributed by atoms with Gasteiger partial charge in [-0.05, 0) is 42.9 Å². The number of aryl methyl sites for hydroxylation is 1. The largest absolute Gasteiger partial charge is 0.508 e. The van der Waals surface area contributed by atoms with Crippen molar-refractivity contribution < 1.29 is 5.11 Å². The molecule has 0 bridgehead atoms. The van der Waals surface area contributed by atoms with Crippen molar-refractivity contribution in [3.05, 3.63) is 27.7 Å². The van der Waals surface area contributed by atoms with Crippen LogP contribution in [-0.2, 0) is 0 Å². The van der Waals surface area contributed by atoms with Gasteiger partial charge in [-0.2, -0.15) is 0 Å². The molecule has 0 heterocycles. The average molecular weight is 227 g/mol. The van der Waals surface area contributed by atoms with Crippen molar-refractivity contribution in [2.75, 3.05) is 0 Å². The smallest absolute Gasteiger partial charge is 0.120 e. The zero-order chi connectivity index (χ0) is 8.72. The van der Waals surface area contributed by atoms with Gasteiger partial charge in [-0.3, -0.25) is 0 Å². The molecular weight excluding hydrogens is 216 g/mol. The molecular formula is C10H11BrO. The molecule has 2 rings (SSSR count). The predicted molar refractivity (Wildman–Crippen MR) is 52.5 cm³/mol. The molecule has 1 nitrogen and oxygen atoms in total. The fourth-order valence-electron chi connectivity index (χ4n) is 1.41. The fourth-order valence-corrected chi connectivity index (χ4v) is 1.75. The van der Waals surface area contributed by atoms with E-state index in [4.69, 9.17) is 0 Å². The Morgan fingerprint density at radius 3 is 2.67 bits per heavy atom. The molecule has 0 aromatic heterocycles. The number of phenolic OH excluding ortho intramolecular Hbond substituents is 1. The molecule has 0 aliphatic heterocycles. The Balaban J connectivity index is 2.47. The van der Waals surface area contributed by atoms with Crippen LogP contribution in [0.4, 0.5) is 0 Å². The molecule has 1 aromatic carbocycles. The van der Waals surface area contributed by atoms with Gasteiger partial charge in [0.25, 0.3) is 0 Å². The lowest BCUT2D eigenvalue weighted by Crippen LogP contribution is -1.84. The van der Waals surface area contributed by atoms with Crippen molar-refractivity contribution in [1.82, 2.24) is 0 Å². The van der Waals surface area contributed by atoms with E-state index < -0.39 is 0 Å². The van der Waals surface area contributed by atoms with Crippen LogP contribution in [0.3, 0.4) is 0 Å². The highest BCUT2D eigenvalue weighted by molar-refractivity contribution is 9.10. The Hall–Kier alpha value is -0.500. The summed E-state index contributed by atoms with van der Waals surface area (Å²) in [6.07, 6.45) is 2.46. The highest BCUT2D eigenvalue weighted by Gasteiger charge is 2.26. The molecule has 1 aliphatic carbocycles. The lowest BCUT2D eigenvalue weighted by atomic mass is 10.1. The van der Waals surface area contributed by atoms with Gasteiger partial charge in [-0.1, -0.05) is 22.0 Å². The first-order valence-electron chi connectivity index (χ1n) is 4.17. The second kappa shape index (κ2) is 2.77. The summed E-state index contributed by atoms with van der Waals surface area (Å²) in [5, 5.41) is 9.60. The summed E-state index contributed by atoms with van der Waals surface area (Å²) in [7, 11) is 0. The first-order chi connectivity index (χ1) is 5.68. The van der Waals surface area contributed by atoms with Gasteiger partial charge in [0.15, 0.2) is 0 Å². The Morgan fingerprint density at radius 1 is 1.42 bits per heavy atom. The van der Waals surface area contributed by atoms with Gasteiger partial charge in [0.1, 0.15) is 5.75 Å². The van der Waals surface area contributed by atoms with Crippen LogP contribution in [0.15, 0.2) is 16.6 Å². The van der Waals surface area contributed by atoms with Crippen molar-refractivity contribution in [1.29, 1.82) is 0 Å². The van der Waals surface area contributed by atoms with E-state index in [1.54, 1.807) is 6.07 Å². The van der Waals surface area contributed by atoms with Crippen molar-refractivity contribution in [3.63, 3.8) is 0 Å². The number of hydrogen-bond acceptors (Lipinski definition) is 1. The zero-order valence-corrected chi connectivity index (χ0v) is 8.56. The van der Waals surface area contributed by atoms with Gasteiger partial charge < -0.3 is 5.11 Å². The fraction of sp³-hybridized carbons (Fsp3) is 0.400. The van der Waals surface area contributed by atoms with E-state index in [0.717, 1.165) is 10.0 Å². The third kappa shape index (κ3) is 1.36. The molecule has 1 N–H and O–H groups in total. The van der Waals surface area contributed by atoms with E-state index in [1.165, 1.54) is 18.4 Å². The molecule has 0 unspecified atom stereocenters. The van der Waals surface area contributed by atoms with E-state index in [-0.39, 0.29) is 0 Å². The van der Waals surface area contributed by atoms with Crippen LogP contribution >= 0.6 is 15.9 Å². The highest BCUT2D eigenvalue weighted by atomic mass is 79.9. The van der Waals surface area contributed by atoms with Crippen molar-refractivity contribution >= 4 is 15.9 Å². The molecule has 0 amide bonds. The first kappa shape index (κ1) is 8.11. The minimum atomic E-state index is 0.440. The lowest BCUT2D eigenvalue weighted by Gasteiger charge is -2.05. The summed E-state index contributed by atoms with van der Waals surface area (Å²) in [5.74, 6) is 1.06. The lowest BCUT2D eigenvalue weighted by molar-refractivity contribution is 0.467. The van der Waals surface area contributed by atoms with E-state index in [2.05, 4.69) is 28.9 Å². The molecule has 0 atom stereocenters. The summed E-state index contributed by atoms with van der Waals surface area (Å²) in [6.45, 7) is 2.05. The molecule has 0 radical (unpaired) electrons. The number of benzene rings is 1. The molecule has 0 spiro atoms. The average Bonchev–Trinajstić information content (AvgIpc) is 2.79. The second-order valence-corrected chi connectivity index (χ2v) is 4.29. The topological polar surface area (TPSA) is 20.2 Å². The van der Waals surface area contributed by atoms with E-state index in [0.29, 0.717) is 11.7 Å². The van der Waals surface area contributed by atoms with Crippen molar-refractivity contribution in [3.8, 4) is 5.75 Å². The summed E-state index contributed by atoms with van der Waals surface area (Å²) >= 11 is 3.39. The van der Waals surface area contributed by atoms with Crippen LogP contribution in [0.1, 0.15) is 29.9 Å². The third-order valence-electron chi connectivity index (χ3n) is 2.33. The van der Waals surface area contributed by atoms with Gasteiger partial charge >= 0.3 is 0 Å². The number of phenols is 1. The van der Waals surface area contributed by atoms with Crippen molar-refractivity contribution in [2.24, 2.45) is 0 Å². The number of hydrogen-bond donors (Lipinski definition) is 1. The predicted octanol–water partition coefficient (Wildman–Crippen LogP) is 3.34. The van der Waals surface area contributed by atoms with Gasteiger partial charge in [-0.15, -0.1) is 0 Å². The van der Waals surface area contributed by atoms with Gasteiger partial charge in [0.2, 0.25) is 0 Å². The van der Waals surface area contributed by atoms with Crippen molar-refractivity contribution in [2.45, 2.75) is 25.7 Å². The zero-order valence-electron chi connectivity index (χ0n) is 6.97. The summed E-state index contributed by atoms with van der Waals surface area (Å²) in [4.78, 5) is 0. The van der Waals surface area contributed by atoms with Gasteiger partial charge in [0, 0.05) is 4.47 Å². The summed E-state index contributed by atoms with van der Waals surface area (Å²) < 4.78 is 0.990. The number of halogens is 1. The maximum Gasteiger partial charge on any atom is 0.120 e. The van der Waals surface area contributed by atoms with E-state index in [1.807, 2.05) is 0 Å². The molecule has 0 saturated heterocycles. The van der Waals surface area contributed by atoms with Crippen LogP contribution in [0, 0.1) is 6.92 Å². The van der Waals surface area contributed by atoms with Crippen LogP contribution in [0.5, 0.6) is 5.75 Å². The van der Waals surface area contributed by atoms with E-state index in [9.17, 15) is 5.11 Å². The molecule has 1 aromatic rings. The standard InChI is InChI=1S/C10H11BrO/c1-6-4-8(7-2-3-7)10(12)5-9(6)11/h4-5,7,12H,2-3H2,1H3. The van der Waals surface area contributed by atoms with Crippen LogP contribution in [0.25, 0.3) is 0 Å². The summed E-state index contributed by atoms with van der Waals surface area (Å²) in [6, 6.07) is 3.88. The van der Waals surface area contributed by atoms with Gasteiger partial charge in [-0.25, -0.2) is 0 Å². The maximum absolute atomic E-state index is 9.60. The molecule has 1 saturated carbocycles. The quantitative estimate of drug-likeness (QED) is 0.779. The maximum atomic E-state index is 9.60. The molecule has 1 aliphatic rings. The molecule has 1 fully saturated rings. The number of aromatic hydroxyl groups is 1.